The number of carbonyl (C=O) groups excluding carboxylic acids is 2. The second-order valence-electron chi connectivity index (χ2n) is 7.48. The van der Waals surface area contributed by atoms with E-state index in [1.54, 1.807) is 11.3 Å². The number of ether oxygens (including phenoxy) is 1. The van der Waals surface area contributed by atoms with Crippen molar-refractivity contribution in [1.29, 1.82) is 0 Å². The molecule has 0 saturated carbocycles. The Labute approximate surface area is 179 Å². The summed E-state index contributed by atoms with van der Waals surface area (Å²) >= 11 is 1.65. The molecule has 0 bridgehead atoms. The number of likely N-dealkylation sites (tertiary alicyclic amines) is 1. The maximum Gasteiger partial charge on any atom is 0.338 e. The van der Waals surface area contributed by atoms with E-state index >= 15 is 0 Å². The molecular formula is C21H25N3O5S. The summed E-state index contributed by atoms with van der Waals surface area (Å²) in [5, 5.41) is 16.1. The monoisotopic (exact) mass is 431 g/mol. The van der Waals surface area contributed by atoms with Gasteiger partial charge in [0.15, 0.2) is 0 Å². The molecule has 2 heterocycles. The summed E-state index contributed by atoms with van der Waals surface area (Å²) in [6.07, 6.45) is 2.23. The van der Waals surface area contributed by atoms with Crippen molar-refractivity contribution < 1.29 is 19.2 Å². The van der Waals surface area contributed by atoms with Crippen molar-refractivity contribution in [1.82, 2.24) is 10.2 Å². The highest BCUT2D eigenvalue weighted by Gasteiger charge is 2.26. The van der Waals surface area contributed by atoms with Gasteiger partial charge in [0.05, 0.1) is 23.6 Å². The summed E-state index contributed by atoms with van der Waals surface area (Å²) in [6, 6.07) is 7.68. The molecule has 1 aliphatic heterocycles. The lowest BCUT2D eigenvalue weighted by Crippen LogP contribution is -2.41. The van der Waals surface area contributed by atoms with Gasteiger partial charge < -0.3 is 10.1 Å². The third-order valence-corrected chi connectivity index (χ3v) is 6.37. The molecular weight excluding hydrogens is 406 g/mol. The van der Waals surface area contributed by atoms with Crippen LogP contribution in [0.3, 0.4) is 0 Å². The number of nitro benzene ring substituents is 1. The number of non-ortho nitro benzene ring substituents is 1. The van der Waals surface area contributed by atoms with Crippen LogP contribution in [0.15, 0.2) is 35.7 Å². The van der Waals surface area contributed by atoms with Crippen LogP contribution in [0.25, 0.3) is 0 Å². The third kappa shape index (κ3) is 5.22. The number of methoxy groups -OCH3 is 1. The standard InChI is InChI=1S/C21H25N3O5S/c1-14-5-7-23(8-6-14)18(19-4-3-9-30-19)13-22-20(25)15-10-16(21(26)29-2)12-17(11-15)24(27)28/h3-4,9-12,14,18H,5-8,13H2,1-2H3,(H,22,25)/t18-/m1/s1. The van der Waals surface area contributed by atoms with Crippen LogP contribution in [0.5, 0.6) is 0 Å². The fraction of sp³-hybridized carbons (Fsp3) is 0.429. The van der Waals surface area contributed by atoms with Crippen LogP contribution in [0, 0.1) is 16.0 Å². The largest absolute Gasteiger partial charge is 0.465 e. The van der Waals surface area contributed by atoms with Gasteiger partial charge in [0.1, 0.15) is 0 Å². The number of thiophene rings is 1. The summed E-state index contributed by atoms with van der Waals surface area (Å²) in [5.74, 6) is -0.496. The third-order valence-electron chi connectivity index (χ3n) is 5.40. The van der Waals surface area contributed by atoms with E-state index in [1.165, 1.54) is 24.1 Å². The number of hydrogen-bond donors (Lipinski definition) is 1. The molecule has 1 aromatic heterocycles. The molecule has 9 heteroatoms. The number of carbonyl (C=O) groups is 2. The molecule has 0 radical (unpaired) electrons. The van der Waals surface area contributed by atoms with E-state index in [1.807, 2.05) is 11.4 Å². The number of esters is 1. The number of nitro groups is 1. The van der Waals surface area contributed by atoms with Gasteiger partial charge in [0, 0.05) is 29.1 Å². The number of rotatable bonds is 7. The molecule has 1 aliphatic rings. The zero-order valence-electron chi connectivity index (χ0n) is 17.0. The predicted molar refractivity (Wildman–Crippen MR) is 114 cm³/mol. The average molecular weight is 432 g/mol. The molecule has 30 heavy (non-hydrogen) atoms. The quantitative estimate of drug-likeness (QED) is 0.408. The number of nitrogens with one attached hydrogen (secondary N) is 1. The molecule has 1 N–H and O–H groups in total. The molecule has 160 valence electrons. The van der Waals surface area contributed by atoms with Crippen molar-refractivity contribution in [2.24, 2.45) is 5.92 Å². The second kappa shape index (κ2) is 9.82. The van der Waals surface area contributed by atoms with Gasteiger partial charge in [-0.05, 0) is 49.4 Å². The minimum Gasteiger partial charge on any atom is -0.465 e. The highest BCUT2D eigenvalue weighted by atomic mass is 32.1. The number of benzene rings is 1. The van der Waals surface area contributed by atoms with E-state index in [4.69, 9.17) is 0 Å². The maximum atomic E-state index is 12.8. The Morgan fingerprint density at radius 2 is 2.00 bits per heavy atom. The molecule has 0 aliphatic carbocycles. The molecule has 3 rings (SSSR count). The van der Waals surface area contributed by atoms with Crippen molar-refractivity contribution >= 4 is 28.9 Å². The summed E-state index contributed by atoms with van der Waals surface area (Å²) in [6.45, 7) is 4.55. The van der Waals surface area contributed by atoms with Gasteiger partial charge in [-0.3, -0.25) is 19.8 Å². The summed E-state index contributed by atoms with van der Waals surface area (Å²) in [7, 11) is 1.19. The zero-order valence-corrected chi connectivity index (χ0v) is 17.8. The highest BCUT2D eigenvalue weighted by Crippen LogP contribution is 2.29. The molecule has 1 fully saturated rings. The van der Waals surface area contributed by atoms with E-state index in [0.717, 1.165) is 32.0 Å². The van der Waals surface area contributed by atoms with E-state index in [0.29, 0.717) is 12.5 Å². The van der Waals surface area contributed by atoms with Crippen LogP contribution in [-0.2, 0) is 4.74 Å². The zero-order chi connectivity index (χ0) is 21.7. The van der Waals surface area contributed by atoms with Crippen molar-refractivity contribution in [3.8, 4) is 0 Å². The van der Waals surface area contributed by atoms with Gasteiger partial charge in [0.25, 0.3) is 11.6 Å². The number of piperidine rings is 1. The first-order chi connectivity index (χ1) is 14.4. The smallest absolute Gasteiger partial charge is 0.338 e. The Hall–Kier alpha value is -2.78. The molecule has 1 aromatic carbocycles. The molecule has 8 nitrogen and oxygen atoms in total. The summed E-state index contributed by atoms with van der Waals surface area (Å²) in [5.41, 5.74) is -0.304. The molecule has 1 amide bonds. The van der Waals surface area contributed by atoms with Crippen molar-refractivity contribution in [2.75, 3.05) is 26.7 Å². The lowest BCUT2D eigenvalue weighted by molar-refractivity contribution is -0.384. The Bertz CT molecular complexity index is 907. The molecule has 0 unspecified atom stereocenters. The average Bonchev–Trinajstić information content (AvgIpc) is 3.28. The fourth-order valence-corrected chi connectivity index (χ4v) is 4.47. The number of amides is 1. The van der Waals surface area contributed by atoms with Gasteiger partial charge >= 0.3 is 5.97 Å². The van der Waals surface area contributed by atoms with Gasteiger partial charge in [-0.25, -0.2) is 4.79 Å². The van der Waals surface area contributed by atoms with Gasteiger partial charge in [0.2, 0.25) is 0 Å². The first-order valence-electron chi connectivity index (χ1n) is 9.82. The van der Waals surface area contributed by atoms with Crippen molar-refractivity contribution in [2.45, 2.75) is 25.8 Å². The SMILES string of the molecule is COC(=O)c1cc(C(=O)NC[C@H](c2cccs2)N2CCC(C)CC2)cc([N+](=O)[O-])c1. The van der Waals surface area contributed by atoms with Crippen molar-refractivity contribution in [3.63, 3.8) is 0 Å². The summed E-state index contributed by atoms with van der Waals surface area (Å²) in [4.78, 5) is 38.7. The second-order valence-corrected chi connectivity index (χ2v) is 8.46. The topological polar surface area (TPSA) is 102 Å². The van der Waals surface area contributed by atoms with Crippen LogP contribution >= 0.6 is 11.3 Å². The van der Waals surface area contributed by atoms with Gasteiger partial charge in [-0.2, -0.15) is 0 Å². The van der Waals surface area contributed by atoms with Crippen LogP contribution < -0.4 is 5.32 Å². The van der Waals surface area contributed by atoms with Gasteiger partial charge in [-0.1, -0.05) is 13.0 Å². The van der Waals surface area contributed by atoms with Gasteiger partial charge in [-0.15, -0.1) is 11.3 Å². The first kappa shape index (κ1) is 21.9. The van der Waals surface area contributed by atoms with E-state index < -0.39 is 16.8 Å². The normalized spacial score (nSPS) is 16.1. The van der Waals surface area contributed by atoms with Crippen LogP contribution in [-0.4, -0.2) is 48.4 Å². The van der Waals surface area contributed by atoms with Crippen molar-refractivity contribution in [3.05, 3.63) is 61.8 Å². The van der Waals surface area contributed by atoms with E-state index in [9.17, 15) is 19.7 Å². The van der Waals surface area contributed by atoms with Crippen LogP contribution in [0.4, 0.5) is 5.69 Å². The number of nitrogens with zero attached hydrogens (tertiary/aromatic N) is 2. The first-order valence-corrected chi connectivity index (χ1v) is 10.7. The molecule has 0 spiro atoms. The lowest BCUT2D eigenvalue weighted by Gasteiger charge is -2.36. The Balaban J connectivity index is 1.77. The number of hydrogen-bond acceptors (Lipinski definition) is 7. The van der Waals surface area contributed by atoms with E-state index in [-0.39, 0.29) is 22.9 Å². The van der Waals surface area contributed by atoms with Crippen LogP contribution in [0.2, 0.25) is 0 Å². The predicted octanol–water partition coefficient (Wildman–Crippen LogP) is 3.65. The highest BCUT2D eigenvalue weighted by molar-refractivity contribution is 7.10. The minimum atomic E-state index is -0.730. The maximum absolute atomic E-state index is 12.8. The summed E-state index contributed by atoms with van der Waals surface area (Å²) < 4.78 is 4.64. The molecule has 1 atom stereocenters. The van der Waals surface area contributed by atoms with E-state index in [2.05, 4.69) is 27.9 Å². The van der Waals surface area contributed by atoms with Crippen LogP contribution in [0.1, 0.15) is 51.4 Å². The molecule has 1 saturated heterocycles. The minimum absolute atomic E-state index is 0.0309. The lowest BCUT2D eigenvalue weighted by atomic mass is 9.97. The Morgan fingerprint density at radius 3 is 2.60 bits per heavy atom. The fourth-order valence-electron chi connectivity index (χ4n) is 3.61. The Morgan fingerprint density at radius 1 is 1.30 bits per heavy atom. The molecule has 2 aromatic rings. The Kier molecular flexibility index (Phi) is 7.17.